The largest absolute Gasteiger partial charge is 0.548 e. The number of benzene rings is 2. The number of carboxylic acid groups (broad SMARTS) is 1. The number of hydrogen-bond donors (Lipinski definition) is 0. The molecule has 0 spiro atoms. The predicted octanol–water partition coefficient (Wildman–Crippen LogP) is 0.116. The van der Waals surface area contributed by atoms with E-state index in [0.29, 0.717) is 15.7 Å². The number of aliphatic carboxylic acids is 1. The van der Waals surface area contributed by atoms with Gasteiger partial charge in [-0.3, -0.25) is 4.79 Å². The second kappa shape index (κ2) is 6.84. The van der Waals surface area contributed by atoms with Crippen molar-refractivity contribution in [1.29, 1.82) is 0 Å². The molecule has 0 fully saturated rings. The number of carbonyl (C=O) groups is 2. The van der Waals surface area contributed by atoms with Crippen LogP contribution in [0.15, 0.2) is 58.5 Å². The zero-order valence-corrected chi connectivity index (χ0v) is 15.4. The summed E-state index contributed by atoms with van der Waals surface area (Å²) in [4.78, 5) is 24.6. The highest BCUT2D eigenvalue weighted by atomic mass is 32.2. The van der Waals surface area contributed by atoms with Crippen molar-refractivity contribution in [3.05, 3.63) is 59.7 Å². The fraction of sp³-hybridized carbons (Fsp3) is 0.167. The van der Waals surface area contributed by atoms with Crippen molar-refractivity contribution in [2.24, 2.45) is 5.10 Å². The van der Waals surface area contributed by atoms with E-state index in [2.05, 4.69) is 5.10 Å². The smallest absolute Gasteiger partial charge is 0.279 e. The molecule has 0 unspecified atom stereocenters. The lowest BCUT2D eigenvalue weighted by molar-refractivity contribution is -0.303. The van der Waals surface area contributed by atoms with E-state index in [0.717, 1.165) is 10.5 Å². The minimum Gasteiger partial charge on any atom is -0.548 e. The molecule has 0 saturated heterocycles. The highest BCUT2D eigenvalue weighted by Gasteiger charge is 2.35. The van der Waals surface area contributed by atoms with Gasteiger partial charge in [0.1, 0.15) is 0 Å². The predicted molar refractivity (Wildman–Crippen MR) is 96.5 cm³/mol. The molecule has 8 nitrogen and oxygen atoms in total. The number of fused-ring (bicyclic) bond motifs is 1. The highest BCUT2D eigenvalue weighted by molar-refractivity contribution is 7.89. The lowest BCUT2D eigenvalue weighted by atomic mass is 10.1. The molecule has 1 amide bonds. The molecule has 1 heterocycles. The minimum atomic E-state index is -3.96. The molecular formula is C18H16N3O5S-. The highest BCUT2D eigenvalue weighted by Crippen LogP contribution is 2.29. The van der Waals surface area contributed by atoms with Crippen molar-refractivity contribution in [2.45, 2.75) is 11.8 Å². The number of para-hydroxylation sites is 1. The maximum atomic E-state index is 12.7. The summed E-state index contributed by atoms with van der Waals surface area (Å²) in [6, 6.07) is 12.7. The van der Waals surface area contributed by atoms with Gasteiger partial charge in [-0.05, 0) is 25.1 Å². The average Bonchev–Trinajstić information content (AvgIpc) is 2.87. The third kappa shape index (κ3) is 3.41. The van der Waals surface area contributed by atoms with Crippen molar-refractivity contribution in [2.75, 3.05) is 18.5 Å². The van der Waals surface area contributed by atoms with Gasteiger partial charge in [0, 0.05) is 12.6 Å². The van der Waals surface area contributed by atoms with Crippen molar-refractivity contribution in [1.82, 2.24) is 4.41 Å². The number of hydrogen-bond acceptors (Lipinski definition) is 6. The summed E-state index contributed by atoms with van der Waals surface area (Å²) in [5.41, 5.74) is 1.45. The van der Waals surface area contributed by atoms with E-state index >= 15 is 0 Å². The van der Waals surface area contributed by atoms with Crippen LogP contribution in [0.1, 0.15) is 11.1 Å². The first-order chi connectivity index (χ1) is 12.7. The molecule has 1 aliphatic heterocycles. The Bertz CT molecular complexity index is 1040. The number of amides is 1. The van der Waals surface area contributed by atoms with E-state index in [1.54, 1.807) is 36.4 Å². The van der Waals surface area contributed by atoms with Gasteiger partial charge in [-0.25, -0.2) is 0 Å². The average molecular weight is 386 g/mol. The summed E-state index contributed by atoms with van der Waals surface area (Å²) in [7, 11) is -2.74. The number of hydrazone groups is 1. The SMILES string of the molecule is Cc1ccc(S(=O)(=O)N(C)N=C2C(=O)N(CC(=O)[O-])c3ccccc32)cc1. The quantitative estimate of drug-likeness (QED) is 0.678. The Hall–Kier alpha value is -3.20. The van der Waals surface area contributed by atoms with Gasteiger partial charge < -0.3 is 14.8 Å². The normalized spacial score (nSPS) is 15.1. The molecule has 9 heteroatoms. The standard InChI is InChI=1S/C18H17N3O5S/c1-12-7-9-13(10-8-12)27(25,26)20(2)19-17-14-5-3-4-6-15(14)21(18(17)24)11-16(22)23/h3-10H,11H2,1-2H3,(H,22,23)/p-1. The Labute approximate surface area is 156 Å². The summed E-state index contributed by atoms with van der Waals surface area (Å²) in [6.07, 6.45) is 0. The third-order valence-electron chi connectivity index (χ3n) is 4.09. The van der Waals surface area contributed by atoms with E-state index in [1.165, 1.54) is 19.2 Å². The lowest BCUT2D eigenvalue weighted by Crippen LogP contribution is -2.41. The molecule has 2 aromatic carbocycles. The number of rotatable bonds is 5. The van der Waals surface area contributed by atoms with Crippen LogP contribution in [0, 0.1) is 6.92 Å². The first-order valence-corrected chi connectivity index (χ1v) is 9.41. The van der Waals surface area contributed by atoms with Crippen molar-refractivity contribution in [3.63, 3.8) is 0 Å². The number of carbonyl (C=O) groups excluding carboxylic acids is 2. The van der Waals surface area contributed by atoms with Crippen LogP contribution in [0.25, 0.3) is 0 Å². The van der Waals surface area contributed by atoms with Gasteiger partial charge in [-0.2, -0.15) is 17.9 Å². The van der Waals surface area contributed by atoms with Crippen LogP contribution in [-0.4, -0.2) is 44.0 Å². The van der Waals surface area contributed by atoms with Crippen LogP contribution in [0.2, 0.25) is 0 Å². The molecule has 27 heavy (non-hydrogen) atoms. The Kier molecular flexibility index (Phi) is 4.71. The number of aryl methyl sites for hydroxylation is 1. The van der Waals surface area contributed by atoms with Gasteiger partial charge in [0.05, 0.1) is 23.1 Å². The Morgan fingerprint density at radius 2 is 1.78 bits per heavy atom. The summed E-state index contributed by atoms with van der Waals surface area (Å²) in [5, 5.41) is 14.9. The molecule has 0 atom stereocenters. The molecule has 3 rings (SSSR count). The second-order valence-corrected chi connectivity index (χ2v) is 7.93. The maximum absolute atomic E-state index is 12.7. The van der Waals surface area contributed by atoms with E-state index in [-0.39, 0.29) is 10.6 Å². The van der Waals surface area contributed by atoms with Crippen LogP contribution in [0.3, 0.4) is 0 Å². The third-order valence-corrected chi connectivity index (χ3v) is 5.74. The fourth-order valence-corrected chi connectivity index (χ4v) is 3.68. The zero-order valence-electron chi connectivity index (χ0n) is 14.6. The van der Waals surface area contributed by atoms with E-state index in [4.69, 9.17) is 0 Å². The van der Waals surface area contributed by atoms with Crippen LogP contribution in [-0.2, 0) is 19.6 Å². The summed E-state index contributed by atoms with van der Waals surface area (Å²) >= 11 is 0. The van der Waals surface area contributed by atoms with Crippen molar-refractivity contribution >= 4 is 33.3 Å². The molecule has 0 N–H and O–H groups in total. The zero-order chi connectivity index (χ0) is 19.8. The Morgan fingerprint density at radius 3 is 2.41 bits per heavy atom. The molecule has 1 aliphatic rings. The van der Waals surface area contributed by atoms with Gasteiger partial charge in [0.25, 0.3) is 15.9 Å². The van der Waals surface area contributed by atoms with Gasteiger partial charge in [-0.15, -0.1) is 0 Å². The first kappa shape index (κ1) is 18.6. The topological polar surface area (TPSA) is 110 Å². The van der Waals surface area contributed by atoms with Crippen LogP contribution in [0.5, 0.6) is 0 Å². The summed E-state index contributed by atoms with van der Waals surface area (Å²) in [5.74, 6) is -2.13. The van der Waals surface area contributed by atoms with Gasteiger partial charge in [-0.1, -0.05) is 35.9 Å². The molecule has 0 aromatic heterocycles. The first-order valence-electron chi connectivity index (χ1n) is 7.97. The molecule has 0 aliphatic carbocycles. The molecule has 140 valence electrons. The number of anilines is 1. The van der Waals surface area contributed by atoms with E-state index in [9.17, 15) is 23.1 Å². The maximum Gasteiger partial charge on any atom is 0.279 e. The molecular weight excluding hydrogens is 370 g/mol. The van der Waals surface area contributed by atoms with Gasteiger partial charge in [0.2, 0.25) is 0 Å². The summed E-state index contributed by atoms with van der Waals surface area (Å²) in [6.45, 7) is 1.18. The van der Waals surface area contributed by atoms with Gasteiger partial charge in [0.15, 0.2) is 5.71 Å². The summed E-state index contributed by atoms with van der Waals surface area (Å²) < 4.78 is 26.1. The second-order valence-electron chi connectivity index (χ2n) is 5.98. The van der Waals surface area contributed by atoms with Gasteiger partial charge >= 0.3 is 0 Å². The number of carboxylic acids is 1. The molecule has 2 aromatic rings. The van der Waals surface area contributed by atoms with E-state index in [1.807, 2.05) is 6.92 Å². The molecule has 0 radical (unpaired) electrons. The lowest BCUT2D eigenvalue weighted by Gasteiger charge is -2.17. The number of nitrogens with zero attached hydrogens (tertiary/aromatic N) is 3. The van der Waals surface area contributed by atoms with Crippen LogP contribution in [0.4, 0.5) is 5.69 Å². The molecule has 0 bridgehead atoms. The fourth-order valence-electron chi connectivity index (χ4n) is 2.70. The monoisotopic (exact) mass is 386 g/mol. The molecule has 0 saturated carbocycles. The Balaban J connectivity index is 2.02. The Morgan fingerprint density at radius 1 is 1.15 bits per heavy atom. The van der Waals surface area contributed by atoms with Crippen molar-refractivity contribution < 1.29 is 23.1 Å². The number of sulfonamides is 1. The minimum absolute atomic E-state index is 0.0327. The van der Waals surface area contributed by atoms with Crippen LogP contribution >= 0.6 is 0 Å². The van der Waals surface area contributed by atoms with Crippen molar-refractivity contribution in [3.8, 4) is 0 Å². The van der Waals surface area contributed by atoms with Crippen LogP contribution < -0.4 is 10.0 Å². The van der Waals surface area contributed by atoms with E-state index < -0.39 is 28.4 Å².